The van der Waals surface area contributed by atoms with Crippen LogP contribution in [0, 0.1) is 4.91 Å². The third-order valence-corrected chi connectivity index (χ3v) is 1.47. The SMILES string of the molecule is COCCOc1cnc(C(=O)N=O)cn1. The van der Waals surface area contributed by atoms with Gasteiger partial charge in [0.25, 0.3) is 0 Å². The zero-order chi connectivity index (χ0) is 11.1. The number of hydrogen-bond acceptors (Lipinski definition) is 6. The van der Waals surface area contributed by atoms with Crippen LogP contribution in [0.1, 0.15) is 10.5 Å². The second-order valence-electron chi connectivity index (χ2n) is 2.48. The van der Waals surface area contributed by atoms with E-state index in [4.69, 9.17) is 9.47 Å². The number of carbonyl (C=O) groups excluding carboxylic acids is 1. The molecule has 1 aromatic rings. The topological polar surface area (TPSA) is 90.7 Å². The van der Waals surface area contributed by atoms with Gasteiger partial charge in [-0.2, -0.15) is 0 Å². The van der Waals surface area contributed by atoms with Gasteiger partial charge >= 0.3 is 5.91 Å². The van der Waals surface area contributed by atoms with Gasteiger partial charge in [-0.05, 0) is 0 Å². The molecule has 0 atom stereocenters. The van der Waals surface area contributed by atoms with Crippen LogP contribution in [-0.4, -0.2) is 36.2 Å². The molecule has 1 rings (SSSR count). The number of aromatic nitrogens is 2. The van der Waals surface area contributed by atoms with Crippen LogP contribution < -0.4 is 4.74 Å². The second-order valence-corrected chi connectivity index (χ2v) is 2.48. The lowest BCUT2D eigenvalue weighted by molar-refractivity contribution is 0.0995. The van der Waals surface area contributed by atoms with Crippen LogP contribution >= 0.6 is 0 Å². The smallest absolute Gasteiger partial charge is 0.336 e. The fourth-order valence-corrected chi connectivity index (χ4v) is 0.778. The van der Waals surface area contributed by atoms with Gasteiger partial charge < -0.3 is 9.47 Å². The lowest BCUT2D eigenvalue weighted by Crippen LogP contribution is -2.06. The molecule has 0 aromatic carbocycles. The largest absolute Gasteiger partial charge is 0.474 e. The van der Waals surface area contributed by atoms with Crippen molar-refractivity contribution in [2.24, 2.45) is 5.18 Å². The van der Waals surface area contributed by atoms with E-state index in [9.17, 15) is 9.70 Å². The molecule has 0 N–H and O–H groups in total. The van der Waals surface area contributed by atoms with Crippen molar-refractivity contribution in [3.63, 3.8) is 0 Å². The molecule has 7 nitrogen and oxygen atoms in total. The van der Waals surface area contributed by atoms with E-state index < -0.39 is 5.91 Å². The van der Waals surface area contributed by atoms with E-state index in [1.807, 2.05) is 0 Å². The monoisotopic (exact) mass is 211 g/mol. The molecule has 0 saturated carbocycles. The molecule has 1 heterocycles. The normalized spacial score (nSPS) is 9.67. The Balaban J connectivity index is 2.56. The number of hydrogen-bond donors (Lipinski definition) is 0. The van der Waals surface area contributed by atoms with Gasteiger partial charge in [0, 0.05) is 12.3 Å². The molecule has 15 heavy (non-hydrogen) atoms. The highest BCUT2D eigenvalue weighted by Crippen LogP contribution is 2.04. The average molecular weight is 211 g/mol. The minimum Gasteiger partial charge on any atom is -0.474 e. The van der Waals surface area contributed by atoms with Crippen molar-refractivity contribution >= 4 is 5.91 Å². The van der Waals surface area contributed by atoms with Crippen molar-refractivity contribution in [1.82, 2.24) is 9.97 Å². The van der Waals surface area contributed by atoms with Crippen molar-refractivity contribution in [3.8, 4) is 5.88 Å². The minimum absolute atomic E-state index is 0.107. The third-order valence-electron chi connectivity index (χ3n) is 1.47. The first-order chi connectivity index (χ1) is 7.27. The maximum Gasteiger partial charge on any atom is 0.336 e. The number of carbonyl (C=O) groups is 1. The first-order valence-corrected chi connectivity index (χ1v) is 4.09. The van der Waals surface area contributed by atoms with E-state index in [1.54, 1.807) is 7.11 Å². The highest BCUT2D eigenvalue weighted by molar-refractivity contribution is 5.92. The molecule has 0 aliphatic rings. The van der Waals surface area contributed by atoms with Gasteiger partial charge in [-0.25, -0.2) is 9.97 Å². The zero-order valence-corrected chi connectivity index (χ0v) is 8.04. The maximum atomic E-state index is 10.7. The molecule has 0 aliphatic heterocycles. The van der Waals surface area contributed by atoms with Crippen LogP contribution in [0.3, 0.4) is 0 Å². The standard InChI is InChI=1S/C8H9N3O4/c1-14-2-3-15-7-5-9-6(4-10-7)8(12)11-13/h4-5H,2-3H2,1H3. The van der Waals surface area contributed by atoms with E-state index in [2.05, 4.69) is 15.1 Å². The molecule has 0 bridgehead atoms. The molecule has 7 heteroatoms. The number of nitrogens with zero attached hydrogens (tertiary/aromatic N) is 3. The van der Waals surface area contributed by atoms with Gasteiger partial charge in [-0.15, -0.1) is 4.91 Å². The molecule has 1 aromatic heterocycles. The summed E-state index contributed by atoms with van der Waals surface area (Å²) in [5, 5.41) is 2.21. The third kappa shape index (κ3) is 3.39. The van der Waals surface area contributed by atoms with Crippen LogP contribution in [0.4, 0.5) is 0 Å². The number of ether oxygens (including phenoxy) is 2. The van der Waals surface area contributed by atoms with Gasteiger partial charge in [0.15, 0.2) is 5.69 Å². The summed E-state index contributed by atoms with van der Waals surface area (Å²) in [6.07, 6.45) is 2.37. The van der Waals surface area contributed by atoms with Crippen molar-refractivity contribution in [2.45, 2.75) is 0 Å². The van der Waals surface area contributed by atoms with Crippen LogP contribution in [0.15, 0.2) is 17.6 Å². The van der Waals surface area contributed by atoms with Gasteiger partial charge in [0.1, 0.15) is 6.61 Å². The van der Waals surface area contributed by atoms with Crippen LogP contribution in [0.2, 0.25) is 0 Å². The summed E-state index contributed by atoms with van der Waals surface area (Å²) < 4.78 is 9.86. The number of rotatable bonds is 5. The number of nitroso groups, excluding NO2 is 1. The fourth-order valence-electron chi connectivity index (χ4n) is 0.778. The molecule has 0 unspecified atom stereocenters. The molecule has 0 fully saturated rings. The Kier molecular flexibility index (Phi) is 4.30. The summed E-state index contributed by atoms with van der Waals surface area (Å²) in [7, 11) is 1.55. The van der Waals surface area contributed by atoms with Crippen molar-refractivity contribution < 1.29 is 14.3 Å². The van der Waals surface area contributed by atoms with E-state index in [0.717, 1.165) is 6.20 Å². The van der Waals surface area contributed by atoms with Crippen LogP contribution in [0.25, 0.3) is 0 Å². The summed E-state index contributed by atoms with van der Waals surface area (Å²) >= 11 is 0. The molecular formula is C8H9N3O4. The molecular weight excluding hydrogens is 202 g/mol. The number of amides is 1. The van der Waals surface area contributed by atoms with Crippen molar-refractivity contribution in [2.75, 3.05) is 20.3 Å². The Morgan fingerprint density at radius 1 is 1.40 bits per heavy atom. The first-order valence-electron chi connectivity index (χ1n) is 4.09. The number of methoxy groups -OCH3 is 1. The summed E-state index contributed by atoms with van der Waals surface area (Å²) in [5.74, 6) is -0.694. The van der Waals surface area contributed by atoms with E-state index in [-0.39, 0.29) is 11.6 Å². The van der Waals surface area contributed by atoms with Gasteiger partial charge in [0.05, 0.1) is 19.0 Å². The highest BCUT2D eigenvalue weighted by atomic mass is 16.5. The second kappa shape index (κ2) is 5.76. The predicted octanol–water partition coefficient (Wildman–Crippen LogP) is 0.408. The summed E-state index contributed by atoms with van der Waals surface area (Å²) in [6, 6.07) is 0. The molecule has 0 saturated heterocycles. The van der Waals surface area contributed by atoms with Crippen molar-refractivity contribution in [1.29, 1.82) is 0 Å². The van der Waals surface area contributed by atoms with Crippen molar-refractivity contribution in [3.05, 3.63) is 23.0 Å². The fraction of sp³-hybridized carbons (Fsp3) is 0.375. The van der Waals surface area contributed by atoms with Crippen LogP contribution in [0.5, 0.6) is 5.88 Å². The van der Waals surface area contributed by atoms with E-state index >= 15 is 0 Å². The highest BCUT2D eigenvalue weighted by Gasteiger charge is 2.07. The minimum atomic E-state index is -0.953. The lowest BCUT2D eigenvalue weighted by Gasteiger charge is -2.02. The lowest BCUT2D eigenvalue weighted by atomic mass is 10.4. The molecule has 80 valence electrons. The Bertz CT molecular complexity index is 338. The van der Waals surface area contributed by atoms with Gasteiger partial charge in [0.2, 0.25) is 5.88 Å². The Labute approximate surface area is 85.4 Å². The quantitative estimate of drug-likeness (QED) is 0.517. The summed E-state index contributed by atoms with van der Waals surface area (Å²) in [6.45, 7) is 0.767. The predicted molar refractivity (Wildman–Crippen MR) is 49.5 cm³/mol. The summed E-state index contributed by atoms with van der Waals surface area (Å²) in [4.78, 5) is 28.0. The maximum absolute atomic E-state index is 10.7. The molecule has 0 radical (unpaired) electrons. The van der Waals surface area contributed by atoms with E-state index in [1.165, 1.54) is 6.20 Å². The molecule has 0 aliphatic carbocycles. The molecule has 1 amide bonds. The van der Waals surface area contributed by atoms with E-state index in [0.29, 0.717) is 13.2 Å². The zero-order valence-electron chi connectivity index (χ0n) is 8.04. The molecule has 0 spiro atoms. The average Bonchev–Trinajstić information content (AvgIpc) is 2.29. The van der Waals surface area contributed by atoms with Crippen LogP contribution in [-0.2, 0) is 4.74 Å². The first kappa shape index (κ1) is 11.2. The summed E-state index contributed by atoms with van der Waals surface area (Å²) in [5.41, 5.74) is -0.107. The van der Waals surface area contributed by atoms with Gasteiger partial charge in [-0.1, -0.05) is 0 Å². The van der Waals surface area contributed by atoms with Gasteiger partial charge in [-0.3, -0.25) is 4.79 Å². The Morgan fingerprint density at radius 3 is 2.73 bits per heavy atom. The Hall–Kier alpha value is -1.89. The Morgan fingerprint density at radius 2 is 2.20 bits per heavy atom.